The van der Waals surface area contributed by atoms with E-state index in [4.69, 9.17) is 5.11 Å². The molecule has 1 aliphatic rings. The first-order chi connectivity index (χ1) is 8.78. The van der Waals surface area contributed by atoms with Crippen LogP contribution in [0, 0.1) is 5.92 Å². The number of benzene rings is 1. The van der Waals surface area contributed by atoms with Gasteiger partial charge in [0.1, 0.15) is 0 Å². The van der Waals surface area contributed by atoms with Crippen molar-refractivity contribution in [3.63, 3.8) is 0 Å². The van der Waals surface area contributed by atoms with Crippen LogP contribution in [0.25, 0.3) is 10.9 Å². The van der Waals surface area contributed by atoms with E-state index in [1.54, 1.807) is 6.20 Å². The lowest BCUT2D eigenvalue weighted by Gasteiger charge is -2.16. The molecule has 0 aliphatic carbocycles. The molecule has 94 valence electrons. The summed E-state index contributed by atoms with van der Waals surface area (Å²) in [5, 5.41) is 17.1. The molecular formula is C13H15N3O2. The number of rotatable bonds is 3. The van der Waals surface area contributed by atoms with Crippen molar-refractivity contribution in [3.05, 3.63) is 30.0 Å². The van der Waals surface area contributed by atoms with Gasteiger partial charge < -0.3 is 10.0 Å². The zero-order valence-electron chi connectivity index (χ0n) is 9.97. The fraction of sp³-hybridized carbons (Fsp3) is 0.385. The lowest BCUT2D eigenvalue weighted by atomic mass is 10.1. The summed E-state index contributed by atoms with van der Waals surface area (Å²) in [6, 6.07) is 5.94. The van der Waals surface area contributed by atoms with Crippen LogP contribution in [0.1, 0.15) is 12.0 Å². The van der Waals surface area contributed by atoms with E-state index in [0.717, 1.165) is 16.5 Å². The second-order valence-electron chi connectivity index (χ2n) is 4.78. The number of amides is 1. The number of aliphatic hydroxyl groups excluding tert-OH is 1. The van der Waals surface area contributed by atoms with E-state index in [2.05, 4.69) is 10.2 Å². The number of H-pyrrole nitrogens is 1. The molecule has 0 spiro atoms. The monoisotopic (exact) mass is 245 g/mol. The molecule has 1 atom stereocenters. The average molecular weight is 245 g/mol. The fourth-order valence-corrected chi connectivity index (χ4v) is 2.50. The van der Waals surface area contributed by atoms with E-state index >= 15 is 0 Å². The maximum Gasteiger partial charge on any atom is 0.223 e. The second-order valence-corrected chi connectivity index (χ2v) is 4.78. The Morgan fingerprint density at radius 3 is 3.17 bits per heavy atom. The Morgan fingerprint density at radius 2 is 2.39 bits per heavy atom. The molecular weight excluding hydrogens is 230 g/mol. The Bertz CT molecular complexity index is 578. The molecule has 3 rings (SSSR count). The predicted octanol–water partition coefficient (Wildman–Crippen LogP) is 0.904. The van der Waals surface area contributed by atoms with Gasteiger partial charge in [0, 0.05) is 37.4 Å². The molecule has 5 heteroatoms. The van der Waals surface area contributed by atoms with Gasteiger partial charge >= 0.3 is 0 Å². The van der Waals surface area contributed by atoms with Crippen molar-refractivity contribution in [2.75, 3.05) is 13.2 Å². The summed E-state index contributed by atoms with van der Waals surface area (Å²) in [5.41, 5.74) is 2.08. The van der Waals surface area contributed by atoms with Crippen molar-refractivity contribution in [2.24, 2.45) is 5.92 Å². The predicted molar refractivity (Wildman–Crippen MR) is 66.7 cm³/mol. The highest BCUT2D eigenvalue weighted by Crippen LogP contribution is 2.23. The van der Waals surface area contributed by atoms with Crippen molar-refractivity contribution in [1.29, 1.82) is 0 Å². The third-order valence-corrected chi connectivity index (χ3v) is 3.49. The zero-order valence-corrected chi connectivity index (χ0v) is 9.97. The summed E-state index contributed by atoms with van der Waals surface area (Å²) in [5.74, 6) is 0.204. The molecule has 1 aliphatic heterocycles. The third kappa shape index (κ3) is 1.86. The molecule has 2 aromatic rings. The van der Waals surface area contributed by atoms with Gasteiger partial charge in [0.15, 0.2) is 0 Å². The van der Waals surface area contributed by atoms with Crippen molar-refractivity contribution in [3.8, 4) is 0 Å². The Hall–Kier alpha value is -1.88. The summed E-state index contributed by atoms with van der Waals surface area (Å²) in [4.78, 5) is 13.6. The number of likely N-dealkylation sites (tertiary alicyclic amines) is 1. The number of hydrogen-bond donors (Lipinski definition) is 2. The first-order valence-electron chi connectivity index (χ1n) is 6.07. The maximum absolute atomic E-state index is 11.8. The van der Waals surface area contributed by atoms with Crippen molar-refractivity contribution < 1.29 is 9.90 Å². The van der Waals surface area contributed by atoms with Crippen LogP contribution < -0.4 is 0 Å². The molecule has 2 heterocycles. The van der Waals surface area contributed by atoms with Crippen LogP contribution in [0.5, 0.6) is 0 Å². The number of fused-ring (bicyclic) bond motifs is 1. The highest BCUT2D eigenvalue weighted by Gasteiger charge is 2.29. The number of aromatic nitrogens is 2. The van der Waals surface area contributed by atoms with Crippen LogP contribution in [0.2, 0.25) is 0 Å². The van der Waals surface area contributed by atoms with E-state index in [9.17, 15) is 4.79 Å². The Labute approximate surface area is 104 Å². The molecule has 1 fully saturated rings. The van der Waals surface area contributed by atoms with Gasteiger partial charge in [0.2, 0.25) is 5.91 Å². The van der Waals surface area contributed by atoms with E-state index < -0.39 is 0 Å². The Morgan fingerprint density at radius 1 is 1.50 bits per heavy atom. The number of hydrogen-bond acceptors (Lipinski definition) is 3. The van der Waals surface area contributed by atoms with Gasteiger partial charge in [-0.15, -0.1) is 0 Å². The number of nitrogens with one attached hydrogen (secondary N) is 1. The zero-order chi connectivity index (χ0) is 12.5. The molecule has 0 saturated carbocycles. The van der Waals surface area contributed by atoms with Gasteiger partial charge in [-0.1, -0.05) is 12.1 Å². The lowest BCUT2D eigenvalue weighted by molar-refractivity contribution is -0.128. The normalized spacial score (nSPS) is 19.9. The molecule has 1 unspecified atom stereocenters. The van der Waals surface area contributed by atoms with E-state index in [-0.39, 0.29) is 18.4 Å². The minimum atomic E-state index is 0.0815. The van der Waals surface area contributed by atoms with Gasteiger partial charge in [0.25, 0.3) is 0 Å². The number of carbonyl (C=O) groups is 1. The summed E-state index contributed by atoms with van der Waals surface area (Å²) in [6.07, 6.45) is 2.24. The standard InChI is InChI=1S/C13H15N3O2/c17-8-9-4-13(18)16(6-9)7-10-2-1-3-12-11(10)5-14-15-12/h1-3,5,9,17H,4,6-8H2,(H,14,15). The van der Waals surface area contributed by atoms with Crippen LogP contribution in [0.4, 0.5) is 0 Å². The van der Waals surface area contributed by atoms with Gasteiger partial charge in [-0.25, -0.2) is 0 Å². The Balaban J connectivity index is 1.84. The van der Waals surface area contributed by atoms with Crippen molar-refractivity contribution >= 4 is 16.8 Å². The summed E-state index contributed by atoms with van der Waals surface area (Å²) >= 11 is 0. The van der Waals surface area contributed by atoms with Crippen LogP contribution in [0.3, 0.4) is 0 Å². The van der Waals surface area contributed by atoms with Crippen LogP contribution in [0.15, 0.2) is 24.4 Å². The maximum atomic E-state index is 11.8. The molecule has 0 radical (unpaired) electrons. The minimum absolute atomic E-state index is 0.0815. The highest BCUT2D eigenvalue weighted by molar-refractivity contribution is 5.83. The molecule has 0 bridgehead atoms. The fourth-order valence-electron chi connectivity index (χ4n) is 2.50. The smallest absolute Gasteiger partial charge is 0.223 e. The largest absolute Gasteiger partial charge is 0.396 e. The number of aliphatic hydroxyl groups is 1. The first kappa shape index (κ1) is 11.2. The van der Waals surface area contributed by atoms with Crippen molar-refractivity contribution in [2.45, 2.75) is 13.0 Å². The SMILES string of the molecule is O=C1CC(CO)CN1Cc1cccc2[nH]ncc12. The second kappa shape index (κ2) is 4.42. The van der Waals surface area contributed by atoms with E-state index in [1.165, 1.54) is 0 Å². The molecule has 1 amide bonds. The van der Waals surface area contributed by atoms with E-state index in [1.807, 2.05) is 23.1 Å². The molecule has 1 saturated heterocycles. The van der Waals surface area contributed by atoms with Gasteiger partial charge in [0.05, 0.1) is 11.7 Å². The van der Waals surface area contributed by atoms with Crippen molar-refractivity contribution in [1.82, 2.24) is 15.1 Å². The number of aromatic amines is 1. The Kier molecular flexibility index (Phi) is 2.76. The average Bonchev–Trinajstić information content (AvgIpc) is 2.97. The lowest BCUT2D eigenvalue weighted by Crippen LogP contribution is -2.25. The number of carbonyl (C=O) groups excluding carboxylic acids is 1. The van der Waals surface area contributed by atoms with E-state index in [0.29, 0.717) is 19.5 Å². The molecule has 18 heavy (non-hydrogen) atoms. The third-order valence-electron chi connectivity index (χ3n) is 3.49. The molecule has 5 nitrogen and oxygen atoms in total. The van der Waals surface area contributed by atoms with Crippen LogP contribution in [-0.4, -0.2) is 39.3 Å². The highest BCUT2D eigenvalue weighted by atomic mass is 16.3. The summed E-state index contributed by atoms with van der Waals surface area (Å²) in [7, 11) is 0. The molecule has 1 aromatic carbocycles. The van der Waals surface area contributed by atoms with Gasteiger partial charge in [-0.05, 0) is 11.6 Å². The van der Waals surface area contributed by atoms with Crippen LogP contribution >= 0.6 is 0 Å². The summed E-state index contributed by atoms with van der Waals surface area (Å²) < 4.78 is 0. The molecule has 1 aromatic heterocycles. The first-order valence-corrected chi connectivity index (χ1v) is 6.07. The van der Waals surface area contributed by atoms with Gasteiger partial charge in [-0.2, -0.15) is 5.10 Å². The quantitative estimate of drug-likeness (QED) is 0.844. The molecule has 2 N–H and O–H groups in total. The topological polar surface area (TPSA) is 69.2 Å². The summed E-state index contributed by atoms with van der Waals surface area (Å²) in [6.45, 7) is 1.31. The number of nitrogens with zero attached hydrogens (tertiary/aromatic N) is 2. The van der Waals surface area contributed by atoms with Gasteiger partial charge in [-0.3, -0.25) is 9.89 Å². The van der Waals surface area contributed by atoms with Crippen LogP contribution in [-0.2, 0) is 11.3 Å². The minimum Gasteiger partial charge on any atom is -0.396 e.